The molecule has 0 unspecified atom stereocenters. The van der Waals surface area contributed by atoms with E-state index in [4.69, 9.17) is 0 Å². The maximum absolute atomic E-state index is 14.2. The molecule has 0 radical (unpaired) electrons. The first-order chi connectivity index (χ1) is 10.0. The van der Waals surface area contributed by atoms with E-state index in [0.717, 1.165) is 23.9 Å². The number of piperidine rings is 1. The number of likely N-dealkylation sites (tertiary alicyclic amines) is 1. The zero-order valence-electron chi connectivity index (χ0n) is 12.9. The summed E-state index contributed by atoms with van der Waals surface area (Å²) in [6, 6.07) is 4.77. The van der Waals surface area contributed by atoms with Gasteiger partial charge in [-0.1, -0.05) is 0 Å². The van der Waals surface area contributed by atoms with Gasteiger partial charge in [0.2, 0.25) is 0 Å². The fourth-order valence-electron chi connectivity index (χ4n) is 3.06. The van der Waals surface area contributed by atoms with Crippen LogP contribution in [0.1, 0.15) is 38.3 Å². The fraction of sp³-hybridized carbons (Fsp3) is 0.625. The van der Waals surface area contributed by atoms with Crippen LogP contribution in [0.5, 0.6) is 0 Å². The van der Waals surface area contributed by atoms with Gasteiger partial charge in [-0.3, -0.25) is 0 Å². The Morgan fingerprint density at radius 1 is 1.33 bits per heavy atom. The molecule has 5 heteroatoms. The van der Waals surface area contributed by atoms with E-state index in [1.807, 2.05) is 0 Å². The molecule has 1 aliphatic rings. The predicted molar refractivity (Wildman–Crippen MR) is 77.9 cm³/mol. The molecule has 0 aliphatic carbocycles. The molecule has 0 aromatic heterocycles. The molecule has 1 aromatic carbocycles. The van der Waals surface area contributed by atoms with E-state index >= 15 is 0 Å². The molecule has 1 fully saturated rings. The summed E-state index contributed by atoms with van der Waals surface area (Å²) < 4.78 is 29.3. The SMILES string of the molecule is C[I-]CN1CC[C@@H](NC(C)C)C[C@H]1c1c(F)cccc1F. The van der Waals surface area contributed by atoms with Crippen LogP contribution >= 0.6 is 0 Å². The molecule has 1 saturated heterocycles. The van der Waals surface area contributed by atoms with Gasteiger partial charge in [-0.15, -0.1) is 0 Å². The number of halogens is 3. The monoisotopic (exact) mass is 409 g/mol. The predicted octanol–water partition coefficient (Wildman–Crippen LogP) is 0.145. The van der Waals surface area contributed by atoms with Crippen molar-refractivity contribution >= 4 is 0 Å². The average molecular weight is 409 g/mol. The number of benzene rings is 1. The number of nitrogens with one attached hydrogen (secondary N) is 1. The second kappa shape index (κ2) is 7.83. The zero-order valence-corrected chi connectivity index (χ0v) is 15.0. The maximum atomic E-state index is 14.2. The molecule has 0 amide bonds. The Kier molecular flexibility index (Phi) is 6.37. The molecule has 2 nitrogen and oxygen atoms in total. The number of nitrogens with zero attached hydrogens (tertiary/aromatic N) is 1. The molecular formula is C16H24F2IN2-. The minimum absolute atomic E-state index is 0.0720. The van der Waals surface area contributed by atoms with Gasteiger partial charge in [0, 0.05) is 0 Å². The quantitative estimate of drug-likeness (QED) is 0.423. The van der Waals surface area contributed by atoms with Crippen LogP contribution in [0.3, 0.4) is 0 Å². The standard InChI is InChI=1S/C16H24F2IN2/c1-11(2)20-12-7-8-21(10-19-3)15(9-12)16-13(17)5-4-6-14(16)18/h4-6,11-12,15,20H,7-10H2,1-3H3/q-1/t12-,15+/m1/s1. The van der Waals surface area contributed by atoms with Gasteiger partial charge in [-0.25, -0.2) is 0 Å². The first kappa shape index (κ1) is 17.1. The molecule has 120 valence electrons. The van der Waals surface area contributed by atoms with Gasteiger partial charge in [0.25, 0.3) is 0 Å². The molecule has 2 atom stereocenters. The summed E-state index contributed by atoms with van der Waals surface area (Å²) in [6.45, 7) is 5.14. The first-order valence-electron chi connectivity index (χ1n) is 7.40. The topological polar surface area (TPSA) is 15.3 Å². The van der Waals surface area contributed by atoms with Gasteiger partial charge >= 0.3 is 136 Å². The number of rotatable bonds is 5. The van der Waals surface area contributed by atoms with Gasteiger partial charge in [0.1, 0.15) is 0 Å². The Morgan fingerprint density at radius 2 is 2.00 bits per heavy atom. The van der Waals surface area contributed by atoms with Crippen molar-refractivity contribution in [1.29, 1.82) is 0 Å². The summed E-state index contributed by atoms with van der Waals surface area (Å²) in [6.07, 6.45) is 1.83. The van der Waals surface area contributed by atoms with E-state index in [1.165, 1.54) is 18.2 Å². The van der Waals surface area contributed by atoms with Crippen molar-refractivity contribution in [3.05, 3.63) is 35.4 Å². The zero-order chi connectivity index (χ0) is 15.4. The summed E-state index contributed by atoms with van der Waals surface area (Å²) >= 11 is 0.0720. The molecule has 0 spiro atoms. The van der Waals surface area contributed by atoms with Crippen molar-refractivity contribution in [1.82, 2.24) is 10.2 Å². The van der Waals surface area contributed by atoms with Crippen LogP contribution in [0.2, 0.25) is 0 Å². The number of hydrogen-bond acceptors (Lipinski definition) is 2. The van der Waals surface area contributed by atoms with Crippen LogP contribution in [-0.2, 0) is 0 Å². The van der Waals surface area contributed by atoms with Gasteiger partial charge in [-0.05, 0) is 0 Å². The summed E-state index contributed by atoms with van der Waals surface area (Å²) in [4.78, 5) is 4.49. The van der Waals surface area contributed by atoms with Crippen LogP contribution in [0.15, 0.2) is 18.2 Å². The molecule has 0 bridgehead atoms. The third-order valence-corrected chi connectivity index (χ3v) is 5.45. The van der Waals surface area contributed by atoms with Crippen molar-refractivity contribution in [2.24, 2.45) is 0 Å². The number of hydrogen-bond donors (Lipinski definition) is 1. The molecule has 1 aliphatic heterocycles. The van der Waals surface area contributed by atoms with Crippen molar-refractivity contribution < 1.29 is 30.0 Å². The Bertz CT molecular complexity index is 447. The fourth-order valence-corrected chi connectivity index (χ4v) is 4.76. The van der Waals surface area contributed by atoms with Crippen molar-refractivity contribution in [3.63, 3.8) is 0 Å². The van der Waals surface area contributed by atoms with Crippen LogP contribution in [0, 0.1) is 11.6 Å². The molecule has 0 saturated carbocycles. The molecule has 1 aromatic rings. The van der Waals surface area contributed by atoms with E-state index in [2.05, 4.69) is 29.0 Å². The third kappa shape index (κ3) is 4.36. The van der Waals surface area contributed by atoms with Crippen molar-refractivity contribution in [3.8, 4) is 0 Å². The molecule has 1 heterocycles. The Morgan fingerprint density at radius 3 is 2.57 bits per heavy atom. The average Bonchev–Trinajstić information content (AvgIpc) is 2.41. The summed E-state index contributed by atoms with van der Waals surface area (Å²) in [5, 5.41) is 3.52. The van der Waals surface area contributed by atoms with E-state index in [9.17, 15) is 8.78 Å². The second-order valence-corrected chi connectivity index (χ2v) is 8.10. The van der Waals surface area contributed by atoms with Crippen LogP contribution in [0.25, 0.3) is 0 Å². The van der Waals surface area contributed by atoms with E-state index in [0.29, 0.717) is 12.1 Å². The third-order valence-electron chi connectivity index (χ3n) is 3.89. The van der Waals surface area contributed by atoms with Crippen molar-refractivity contribution in [2.75, 3.05) is 16.0 Å². The number of alkyl halides is 2. The Labute approximate surface area is 136 Å². The molecular weight excluding hydrogens is 385 g/mol. The van der Waals surface area contributed by atoms with Gasteiger partial charge in [0.15, 0.2) is 0 Å². The normalized spacial score (nSPS) is 23.9. The second-order valence-electron chi connectivity index (χ2n) is 5.89. The summed E-state index contributed by atoms with van der Waals surface area (Å²) in [5.74, 6) is -0.825. The summed E-state index contributed by atoms with van der Waals surface area (Å²) in [7, 11) is 0. The molecule has 2 rings (SSSR count). The molecule has 21 heavy (non-hydrogen) atoms. The van der Waals surface area contributed by atoms with Gasteiger partial charge in [-0.2, -0.15) is 0 Å². The van der Waals surface area contributed by atoms with E-state index < -0.39 is 11.6 Å². The van der Waals surface area contributed by atoms with Crippen LogP contribution < -0.4 is 26.5 Å². The van der Waals surface area contributed by atoms with Crippen LogP contribution in [-0.4, -0.2) is 33.0 Å². The van der Waals surface area contributed by atoms with Crippen molar-refractivity contribution in [2.45, 2.75) is 44.8 Å². The molecule has 1 N–H and O–H groups in total. The van der Waals surface area contributed by atoms with Gasteiger partial charge in [0.05, 0.1) is 0 Å². The van der Waals surface area contributed by atoms with Crippen LogP contribution in [0.4, 0.5) is 8.78 Å². The Balaban J connectivity index is 2.25. The van der Waals surface area contributed by atoms with E-state index in [1.54, 1.807) is 0 Å². The first-order valence-corrected chi connectivity index (χ1v) is 11.1. The Hall–Kier alpha value is -0.270. The summed E-state index contributed by atoms with van der Waals surface area (Å²) in [5.41, 5.74) is 0.255. The van der Waals surface area contributed by atoms with Gasteiger partial charge < -0.3 is 0 Å². The van der Waals surface area contributed by atoms with E-state index in [-0.39, 0.29) is 32.8 Å². The minimum atomic E-state index is -0.412.